The van der Waals surface area contributed by atoms with Crippen molar-refractivity contribution in [2.75, 3.05) is 11.9 Å². The summed E-state index contributed by atoms with van der Waals surface area (Å²) in [5.74, 6) is 0.598. The monoisotopic (exact) mass is 375 g/mol. The first kappa shape index (κ1) is 17.9. The highest BCUT2D eigenvalue weighted by Crippen LogP contribution is 2.29. The van der Waals surface area contributed by atoms with Gasteiger partial charge in [0.25, 0.3) is 11.9 Å². The quantitative estimate of drug-likeness (QED) is 0.587. The van der Waals surface area contributed by atoms with Crippen molar-refractivity contribution in [2.24, 2.45) is 7.05 Å². The molecule has 0 radical (unpaired) electrons. The van der Waals surface area contributed by atoms with E-state index in [0.717, 1.165) is 33.3 Å². The van der Waals surface area contributed by atoms with Gasteiger partial charge in [0.1, 0.15) is 11.3 Å². The number of rotatable bonds is 4. The Kier molecular flexibility index (Phi) is 4.43. The van der Waals surface area contributed by atoms with E-state index in [1.165, 1.54) is 0 Å². The molecule has 0 aliphatic carbocycles. The highest BCUT2D eigenvalue weighted by molar-refractivity contribution is 6.07. The van der Waals surface area contributed by atoms with Crippen molar-refractivity contribution in [3.63, 3.8) is 0 Å². The van der Waals surface area contributed by atoms with Crippen LogP contribution in [0.15, 0.2) is 36.4 Å². The largest absolute Gasteiger partial charge is 0.494 e. The van der Waals surface area contributed by atoms with Crippen molar-refractivity contribution in [3.05, 3.63) is 53.1 Å². The van der Waals surface area contributed by atoms with Gasteiger partial charge in [-0.2, -0.15) is 4.98 Å². The number of carbonyl (C=O) groups is 1. The second kappa shape index (κ2) is 6.92. The van der Waals surface area contributed by atoms with Crippen molar-refractivity contribution < 1.29 is 9.53 Å². The van der Waals surface area contributed by atoms with Crippen LogP contribution in [-0.4, -0.2) is 32.3 Å². The van der Waals surface area contributed by atoms with Gasteiger partial charge in [0, 0.05) is 18.0 Å². The van der Waals surface area contributed by atoms with Gasteiger partial charge in [0.05, 0.1) is 12.1 Å². The number of aryl methyl sites for hydroxylation is 3. The molecule has 4 rings (SSSR count). The predicted octanol–water partition coefficient (Wildman–Crippen LogP) is 3.78. The highest BCUT2D eigenvalue weighted by Gasteiger charge is 2.16. The van der Waals surface area contributed by atoms with Crippen LogP contribution in [0.5, 0.6) is 5.75 Å². The minimum absolute atomic E-state index is 0.173. The third-order valence-corrected chi connectivity index (χ3v) is 4.67. The van der Waals surface area contributed by atoms with Gasteiger partial charge in [-0.15, -0.1) is 10.2 Å². The zero-order valence-corrected chi connectivity index (χ0v) is 16.3. The number of nitrogens with zero attached hydrogens (tertiary/aromatic N) is 4. The molecule has 1 amide bonds. The molecule has 0 atom stereocenters. The van der Waals surface area contributed by atoms with E-state index >= 15 is 0 Å². The second-order valence-corrected chi connectivity index (χ2v) is 6.76. The Morgan fingerprint density at radius 2 is 1.89 bits per heavy atom. The maximum atomic E-state index is 12.5. The highest BCUT2D eigenvalue weighted by atomic mass is 16.5. The first-order valence-corrected chi connectivity index (χ1v) is 9.12. The smallest absolute Gasteiger partial charge is 0.258 e. The zero-order chi connectivity index (χ0) is 19.8. The molecule has 7 nitrogen and oxygen atoms in total. The number of anilines is 1. The summed E-state index contributed by atoms with van der Waals surface area (Å²) in [7, 11) is 1.94. The first-order chi connectivity index (χ1) is 13.5. The number of hydrogen-bond donors (Lipinski definition) is 1. The molecular formula is C21H21N5O2. The van der Waals surface area contributed by atoms with E-state index in [-0.39, 0.29) is 11.9 Å². The van der Waals surface area contributed by atoms with E-state index in [1.807, 2.05) is 18.5 Å². The molecule has 4 aromatic rings. The van der Waals surface area contributed by atoms with E-state index < -0.39 is 0 Å². The minimum atomic E-state index is -0.296. The van der Waals surface area contributed by atoms with Gasteiger partial charge in [0.15, 0.2) is 5.65 Å². The van der Waals surface area contributed by atoms with Crippen LogP contribution in [0.1, 0.15) is 28.4 Å². The summed E-state index contributed by atoms with van der Waals surface area (Å²) in [4.78, 5) is 17.0. The number of fused-ring (bicyclic) bond motifs is 3. The standard InChI is InChI=1S/C21H21N5O2/c1-5-28-15-8-6-14(7-9-15)20(27)23-21-22-19-17(24-25-21)16-11-12(2)10-13(3)18(16)26(19)4/h6-11H,5H2,1-4H3,(H,22,23,25,27). The van der Waals surface area contributed by atoms with E-state index in [2.05, 4.69) is 46.5 Å². The van der Waals surface area contributed by atoms with Gasteiger partial charge in [-0.25, -0.2) is 0 Å². The van der Waals surface area contributed by atoms with Crippen LogP contribution < -0.4 is 10.1 Å². The number of amides is 1. The summed E-state index contributed by atoms with van der Waals surface area (Å²) in [6, 6.07) is 11.1. The fourth-order valence-corrected chi connectivity index (χ4v) is 3.51. The van der Waals surface area contributed by atoms with Crippen molar-refractivity contribution >= 4 is 33.9 Å². The Balaban J connectivity index is 1.68. The molecule has 0 aliphatic heterocycles. The number of hydrogen-bond acceptors (Lipinski definition) is 5. The Morgan fingerprint density at radius 1 is 1.14 bits per heavy atom. The van der Waals surface area contributed by atoms with Gasteiger partial charge in [-0.3, -0.25) is 10.1 Å². The van der Waals surface area contributed by atoms with E-state index in [1.54, 1.807) is 24.3 Å². The summed E-state index contributed by atoms with van der Waals surface area (Å²) in [5.41, 5.74) is 5.28. The minimum Gasteiger partial charge on any atom is -0.494 e. The van der Waals surface area contributed by atoms with Gasteiger partial charge >= 0.3 is 0 Å². The van der Waals surface area contributed by atoms with Gasteiger partial charge in [-0.05, 0) is 56.7 Å². The van der Waals surface area contributed by atoms with Crippen molar-refractivity contribution in [1.29, 1.82) is 0 Å². The molecule has 28 heavy (non-hydrogen) atoms. The number of aromatic nitrogens is 4. The van der Waals surface area contributed by atoms with Gasteiger partial charge in [0.2, 0.25) is 0 Å². The van der Waals surface area contributed by atoms with E-state index in [4.69, 9.17) is 4.74 Å². The fraction of sp³-hybridized carbons (Fsp3) is 0.238. The lowest BCUT2D eigenvalue weighted by Gasteiger charge is -2.06. The van der Waals surface area contributed by atoms with Crippen molar-refractivity contribution in [3.8, 4) is 5.75 Å². The third-order valence-electron chi connectivity index (χ3n) is 4.67. The SMILES string of the molecule is CCOc1ccc(C(=O)Nc2nnc3c4cc(C)cc(C)c4n(C)c3n2)cc1. The lowest BCUT2D eigenvalue weighted by molar-refractivity contribution is 0.102. The Bertz CT molecular complexity index is 1200. The van der Waals surface area contributed by atoms with Crippen molar-refractivity contribution in [1.82, 2.24) is 19.7 Å². The molecule has 0 spiro atoms. The molecule has 0 aliphatic rings. The number of carbonyl (C=O) groups excluding carboxylic acids is 1. The summed E-state index contributed by atoms with van der Waals surface area (Å²) < 4.78 is 7.38. The average molecular weight is 375 g/mol. The maximum absolute atomic E-state index is 12.5. The Hall–Kier alpha value is -3.48. The molecular weight excluding hydrogens is 354 g/mol. The molecule has 0 fully saturated rings. The lowest BCUT2D eigenvalue weighted by atomic mass is 10.1. The number of benzene rings is 2. The van der Waals surface area contributed by atoms with Crippen LogP contribution >= 0.6 is 0 Å². The lowest BCUT2D eigenvalue weighted by Crippen LogP contribution is -2.15. The van der Waals surface area contributed by atoms with Crippen LogP contribution in [0.25, 0.3) is 22.1 Å². The summed E-state index contributed by atoms with van der Waals surface area (Å²) in [5, 5.41) is 12.2. The second-order valence-electron chi connectivity index (χ2n) is 6.76. The normalized spacial score (nSPS) is 11.1. The Labute approximate surface area is 162 Å². The summed E-state index contributed by atoms with van der Waals surface area (Å²) >= 11 is 0. The van der Waals surface area contributed by atoms with Gasteiger partial charge < -0.3 is 9.30 Å². The molecule has 0 saturated carbocycles. The molecule has 2 aromatic carbocycles. The average Bonchev–Trinajstić information content (AvgIpc) is 2.94. The molecule has 0 bridgehead atoms. The fourth-order valence-electron chi connectivity index (χ4n) is 3.51. The first-order valence-electron chi connectivity index (χ1n) is 9.12. The number of ether oxygens (including phenoxy) is 1. The number of nitrogens with one attached hydrogen (secondary N) is 1. The van der Waals surface area contributed by atoms with Crippen LogP contribution in [0, 0.1) is 13.8 Å². The predicted molar refractivity (Wildman–Crippen MR) is 109 cm³/mol. The van der Waals surface area contributed by atoms with Crippen LogP contribution in [0.4, 0.5) is 5.95 Å². The topological polar surface area (TPSA) is 81.9 Å². The molecule has 2 aromatic heterocycles. The van der Waals surface area contributed by atoms with Crippen molar-refractivity contribution in [2.45, 2.75) is 20.8 Å². The molecule has 7 heteroatoms. The summed E-state index contributed by atoms with van der Waals surface area (Å²) in [6.07, 6.45) is 0. The van der Waals surface area contributed by atoms with Crippen LogP contribution in [0.3, 0.4) is 0 Å². The maximum Gasteiger partial charge on any atom is 0.258 e. The molecule has 2 heterocycles. The van der Waals surface area contributed by atoms with Gasteiger partial charge in [-0.1, -0.05) is 11.6 Å². The van der Waals surface area contributed by atoms with E-state index in [9.17, 15) is 4.79 Å². The molecule has 0 saturated heterocycles. The molecule has 1 N–H and O–H groups in total. The zero-order valence-electron chi connectivity index (χ0n) is 16.3. The van der Waals surface area contributed by atoms with Crippen LogP contribution in [0.2, 0.25) is 0 Å². The third kappa shape index (κ3) is 3.05. The summed E-state index contributed by atoms with van der Waals surface area (Å²) in [6.45, 7) is 6.61. The molecule has 0 unspecified atom stereocenters. The van der Waals surface area contributed by atoms with Crippen LogP contribution in [-0.2, 0) is 7.05 Å². The van der Waals surface area contributed by atoms with E-state index in [0.29, 0.717) is 17.8 Å². The Morgan fingerprint density at radius 3 is 2.61 bits per heavy atom. The molecule has 142 valence electrons.